The van der Waals surface area contributed by atoms with Crippen LogP contribution in [0.15, 0.2) is 66.7 Å². The average Bonchev–Trinajstić information content (AvgIpc) is 2.55. The van der Waals surface area contributed by atoms with Crippen molar-refractivity contribution in [3.8, 4) is 11.5 Å². The normalized spacial score (nSPS) is 11.6. The number of hydrogen-bond acceptors (Lipinski definition) is 2. The van der Waals surface area contributed by atoms with Crippen LogP contribution in [0.1, 0.15) is 25.8 Å². The second-order valence-electron chi connectivity index (χ2n) is 6.53. The van der Waals surface area contributed by atoms with E-state index >= 15 is 0 Å². The lowest BCUT2D eigenvalue weighted by molar-refractivity contribution is 0.468. The summed E-state index contributed by atoms with van der Waals surface area (Å²) in [5.41, 5.74) is 7.04. The molecule has 0 heterocycles. The van der Waals surface area contributed by atoms with E-state index in [1.54, 1.807) is 0 Å². The molecule has 23 heavy (non-hydrogen) atoms. The lowest BCUT2D eigenvalue weighted by Crippen LogP contribution is -2.21. The van der Waals surface area contributed by atoms with Gasteiger partial charge in [0.2, 0.25) is 0 Å². The van der Waals surface area contributed by atoms with Crippen LogP contribution in [0.2, 0.25) is 0 Å². The number of fused-ring (bicyclic) bond motifs is 1. The topological polar surface area (TPSA) is 35.2 Å². The second kappa shape index (κ2) is 6.43. The number of rotatable bonds is 5. The van der Waals surface area contributed by atoms with Crippen molar-refractivity contribution in [1.29, 1.82) is 0 Å². The van der Waals surface area contributed by atoms with Crippen molar-refractivity contribution in [1.82, 2.24) is 0 Å². The van der Waals surface area contributed by atoms with Crippen LogP contribution in [-0.4, -0.2) is 6.54 Å². The highest BCUT2D eigenvalue weighted by atomic mass is 16.5. The first-order valence-electron chi connectivity index (χ1n) is 8.06. The molecule has 0 aliphatic heterocycles. The first-order chi connectivity index (χ1) is 11.1. The zero-order valence-electron chi connectivity index (χ0n) is 13.8. The predicted octanol–water partition coefficient (Wildman–Crippen LogP) is 5.26. The zero-order chi connectivity index (χ0) is 16.3. The first-order valence-corrected chi connectivity index (χ1v) is 8.06. The van der Waals surface area contributed by atoms with Crippen LogP contribution >= 0.6 is 0 Å². The minimum Gasteiger partial charge on any atom is -0.457 e. The Balaban J connectivity index is 1.94. The molecule has 118 valence electrons. The van der Waals surface area contributed by atoms with Gasteiger partial charge in [-0.25, -0.2) is 0 Å². The molecule has 2 heteroatoms. The first kappa shape index (κ1) is 15.6. The Labute approximate surface area is 137 Å². The molecule has 3 aromatic carbocycles. The summed E-state index contributed by atoms with van der Waals surface area (Å²) in [6.07, 6.45) is 0.949. The van der Waals surface area contributed by atoms with Gasteiger partial charge < -0.3 is 10.5 Å². The van der Waals surface area contributed by atoms with Crippen molar-refractivity contribution in [2.24, 2.45) is 5.73 Å². The summed E-state index contributed by atoms with van der Waals surface area (Å²) in [4.78, 5) is 0. The largest absolute Gasteiger partial charge is 0.457 e. The maximum atomic E-state index is 6.17. The Bertz CT molecular complexity index is 802. The number of hydrogen-bond donors (Lipinski definition) is 1. The van der Waals surface area contributed by atoms with Gasteiger partial charge in [0.15, 0.2) is 0 Å². The molecule has 0 fully saturated rings. The van der Waals surface area contributed by atoms with Crippen LogP contribution in [0, 0.1) is 0 Å². The number of ether oxygens (including phenoxy) is 1. The fraction of sp³-hybridized carbons (Fsp3) is 0.238. The van der Waals surface area contributed by atoms with Crippen molar-refractivity contribution in [3.63, 3.8) is 0 Å². The molecular weight excluding hydrogens is 282 g/mol. The Morgan fingerprint density at radius 1 is 0.913 bits per heavy atom. The van der Waals surface area contributed by atoms with E-state index in [1.807, 2.05) is 36.4 Å². The molecule has 0 amide bonds. The highest BCUT2D eigenvalue weighted by molar-refractivity contribution is 5.88. The van der Waals surface area contributed by atoms with Crippen LogP contribution in [0.5, 0.6) is 11.5 Å². The van der Waals surface area contributed by atoms with E-state index in [0.717, 1.165) is 23.3 Å². The van der Waals surface area contributed by atoms with E-state index in [9.17, 15) is 0 Å². The maximum Gasteiger partial charge on any atom is 0.135 e. The predicted molar refractivity (Wildman–Crippen MR) is 97.2 cm³/mol. The summed E-state index contributed by atoms with van der Waals surface area (Å²) in [6, 6.07) is 22.7. The van der Waals surface area contributed by atoms with Gasteiger partial charge in [0.1, 0.15) is 11.5 Å². The van der Waals surface area contributed by atoms with Gasteiger partial charge in [-0.05, 0) is 47.5 Å². The molecule has 2 nitrogen and oxygen atoms in total. The Morgan fingerprint density at radius 2 is 1.65 bits per heavy atom. The molecule has 3 aromatic rings. The van der Waals surface area contributed by atoms with Gasteiger partial charge in [0.25, 0.3) is 0 Å². The minimum atomic E-state index is 0.0485. The van der Waals surface area contributed by atoms with Crippen LogP contribution in [0.25, 0.3) is 10.8 Å². The molecule has 2 N–H and O–H groups in total. The molecule has 0 saturated heterocycles. The monoisotopic (exact) mass is 305 g/mol. The third-order valence-electron chi connectivity index (χ3n) is 4.36. The van der Waals surface area contributed by atoms with Gasteiger partial charge in [0, 0.05) is 5.39 Å². The Hall–Kier alpha value is -2.32. The lowest BCUT2D eigenvalue weighted by atomic mass is 9.81. The van der Waals surface area contributed by atoms with E-state index in [0.29, 0.717) is 6.54 Å². The molecule has 0 aromatic heterocycles. The zero-order valence-corrected chi connectivity index (χ0v) is 13.8. The third-order valence-corrected chi connectivity index (χ3v) is 4.36. The molecule has 0 bridgehead atoms. The summed E-state index contributed by atoms with van der Waals surface area (Å²) in [7, 11) is 0. The standard InChI is InChI=1S/C21H23NO/c1-21(2,13-14-22)17-9-6-10-18(15-17)23-20-12-5-8-16-7-3-4-11-19(16)20/h3-12,15H,13-14,22H2,1-2H3. The number of nitrogens with two attached hydrogens (primary N) is 1. The summed E-state index contributed by atoms with van der Waals surface area (Å²) >= 11 is 0. The molecule has 3 rings (SSSR count). The van der Waals surface area contributed by atoms with Crippen molar-refractivity contribution in [2.45, 2.75) is 25.7 Å². The van der Waals surface area contributed by atoms with Crippen LogP contribution in [0.4, 0.5) is 0 Å². The van der Waals surface area contributed by atoms with Crippen molar-refractivity contribution in [2.75, 3.05) is 6.54 Å². The van der Waals surface area contributed by atoms with Crippen LogP contribution < -0.4 is 10.5 Å². The molecule has 0 saturated carbocycles. The molecule has 0 aliphatic rings. The summed E-state index contributed by atoms with van der Waals surface area (Å²) in [5.74, 6) is 1.75. The van der Waals surface area contributed by atoms with Gasteiger partial charge in [-0.1, -0.05) is 62.4 Å². The van der Waals surface area contributed by atoms with Crippen molar-refractivity contribution >= 4 is 10.8 Å². The molecular formula is C21H23NO. The van der Waals surface area contributed by atoms with Crippen LogP contribution in [0.3, 0.4) is 0 Å². The molecule has 0 aliphatic carbocycles. The van der Waals surface area contributed by atoms with Gasteiger partial charge in [0.05, 0.1) is 0 Å². The quantitative estimate of drug-likeness (QED) is 0.698. The maximum absolute atomic E-state index is 6.17. The summed E-state index contributed by atoms with van der Waals surface area (Å²) in [5, 5.41) is 2.31. The van der Waals surface area contributed by atoms with Gasteiger partial charge in [-0.2, -0.15) is 0 Å². The molecule has 0 atom stereocenters. The smallest absolute Gasteiger partial charge is 0.135 e. The highest BCUT2D eigenvalue weighted by Gasteiger charge is 2.20. The molecule has 0 radical (unpaired) electrons. The fourth-order valence-corrected chi connectivity index (χ4v) is 2.90. The van der Waals surface area contributed by atoms with E-state index < -0.39 is 0 Å². The van der Waals surface area contributed by atoms with Crippen molar-refractivity contribution < 1.29 is 4.74 Å². The highest BCUT2D eigenvalue weighted by Crippen LogP contribution is 2.33. The lowest BCUT2D eigenvalue weighted by Gasteiger charge is -2.25. The fourth-order valence-electron chi connectivity index (χ4n) is 2.90. The van der Waals surface area contributed by atoms with Gasteiger partial charge in [-0.15, -0.1) is 0 Å². The summed E-state index contributed by atoms with van der Waals surface area (Å²) < 4.78 is 6.17. The Kier molecular flexibility index (Phi) is 4.35. The van der Waals surface area contributed by atoms with Crippen LogP contribution in [-0.2, 0) is 5.41 Å². The molecule has 0 spiro atoms. The van der Waals surface area contributed by atoms with E-state index in [4.69, 9.17) is 10.5 Å². The van der Waals surface area contributed by atoms with E-state index in [-0.39, 0.29) is 5.41 Å². The van der Waals surface area contributed by atoms with Crippen molar-refractivity contribution in [3.05, 3.63) is 72.3 Å². The average molecular weight is 305 g/mol. The third kappa shape index (κ3) is 3.38. The minimum absolute atomic E-state index is 0.0485. The summed E-state index contributed by atoms with van der Waals surface area (Å²) in [6.45, 7) is 5.12. The SMILES string of the molecule is CC(C)(CCN)c1cccc(Oc2cccc3ccccc23)c1. The Morgan fingerprint density at radius 3 is 2.48 bits per heavy atom. The van der Waals surface area contributed by atoms with E-state index in [2.05, 4.69) is 44.2 Å². The second-order valence-corrected chi connectivity index (χ2v) is 6.53. The van der Waals surface area contributed by atoms with Gasteiger partial charge >= 0.3 is 0 Å². The van der Waals surface area contributed by atoms with Gasteiger partial charge in [-0.3, -0.25) is 0 Å². The van der Waals surface area contributed by atoms with E-state index in [1.165, 1.54) is 10.9 Å². The molecule has 0 unspecified atom stereocenters. The number of benzene rings is 3.